The Morgan fingerprint density at radius 3 is 1.71 bits per heavy atom. The van der Waals surface area contributed by atoms with E-state index in [1.165, 1.54) is 12.1 Å². The summed E-state index contributed by atoms with van der Waals surface area (Å²) in [6.07, 6.45) is 0. The monoisotopic (exact) mass is 372 g/mol. The second-order valence-corrected chi connectivity index (χ2v) is 7.03. The molecule has 28 heavy (non-hydrogen) atoms. The fraction of sp³-hybridized carbons (Fsp3) is 0.0833. The van der Waals surface area contributed by atoms with Gasteiger partial charge in [-0.1, -0.05) is 30.3 Å². The number of rotatable bonds is 2. The summed E-state index contributed by atoms with van der Waals surface area (Å²) in [7, 11) is 0. The van der Waals surface area contributed by atoms with Crippen molar-refractivity contribution in [3.8, 4) is 56.4 Å². The highest BCUT2D eigenvalue weighted by molar-refractivity contribution is 6.03. The van der Waals surface area contributed by atoms with Crippen LogP contribution in [0, 0.1) is 13.8 Å². The molecule has 0 spiro atoms. The highest BCUT2D eigenvalue weighted by atomic mass is 16.3. The van der Waals surface area contributed by atoms with Crippen LogP contribution < -0.4 is 0 Å². The van der Waals surface area contributed by atoms with Crippen LogP contribution in [-0.2, 0) is 0 Å². The van der Waals surface area contributed by atoms with Crippen LogP contribution in [0.25, 0.3) is 33.4 Å². The third-order valence-electron chi connectivity index (χ3n) is 5.03. The maximum Gasteiger partial charge on any atom is 0.127 e. The predicted octanol–water partition coefficient (Wildman–Crippen LogP) is 5.56. The second-order valence-electron chi connectivity index (χ2n) is 7.03. The summed E-state index contributed by atoms with van der Waals surface area (Å²) in [6, 6.07) is 17.5. The SMILES string of the molecule is Cc1cc(O)cc(O)c1-c1cc2cccccc-2c1-c1c(C)cc(O)cc1O. The third kappa shape index (κ3) is 2.79. The number of phenols is 4. The van der Waals surface area contributed by atoms with E-state index >= 15 is 0 Å². The molecule has 2 aromatic rings. The van der Waals surface area contributed by atoms with Gasteiger partial charge in [0.25, 0.3) is 0 Å². The summed E-state index contributed by atoms with van der Waals surface area (Å²) >= 11 is 0. The first-order valence-electron chi connectivity index (χ1n) is 8.94. The highest BCUT2D eigenvalue weighted by Crippen LogP contribution is 2.51. The van der Waals surface area contributed by atoms with Gasteiger partial charge in [-0.3, -0.25) is 0 Å². The summed E-state index contributed by atoms with van der Waals surface area (Å²) in [5.41, 5.74) is 6.01. The molecular weight excluding hydrogens is 352 g/mol. The summed E-state index contributed by atoms with van der Waals surface area (Å²) in [5, 5.41) is 40.9. The van der Waals surface area contributed by atoms with E-state index in [-0.39, 0.29) is 23.0 Å². The van der Waals surface area contributed by atoms with Gasteiger partial charge in [0.1, 0.15) is 23.0 Å². The van der Waals surface area contributed by atoms with Gasteiger partial charge in [0.2, 0.25) is 0 Å². The Bertz CT molecular complexity index is 1130. The first kappa shape index (κ1) is 17.7. The van der Waals surface area contributed by atoms with E-state index < -0.39 is 0 Å². The van der Waals surface area contributed by atoms with Gasteiger partial charge >= 0.3 is 0 Å². The van der Waals surface area contributed by atoms with E-state index in [1.54, 1.807) is 12.1 Å². The smallest absolute Gasteiger partial charge is 0.127 e. The third-order valence-corrected chi connectivity index (χ3v) is 5.03. The molecule has 0 heterocycles. The molecule has 0 saturated heterocycles. The molecule has 0 amide bonds. The molecule has 4 N–H and O–H groups in total. The topological polar surface area (TPSA) is 80.9 Å². The second kappa shape index (κ2) is 6.50. The fourth-order valence-electron chi connectivity index (χ4n) is 3.93. The molecule has 0 saturated carbocycles. The van der Waals surface area contributed by atoms with Crippen LogP contribution in [0.4, 0.5) is 0 Å². The van der Waals surface area contributed by atoms with Crippen LogP contribution in [0.2, 0.25) is 0 Å². The van der Waals surface area contributed by atoms with Gasteiger partial charge in [-0.05, 0) is 59.9 Å². The molecule has 4 heteroatoms. The standard InChI is InChI=1S/C24H20O4/c1-13-8-16(25)11-20(27)22(13)19-10-15-6-4-3-5-7-18(15)24(19)23-14(2)9-17(26)12-21(23)28/h3-12,25-28H,1-2H3. The normalized spacial score (nSPS) is 11.1. The molecule has 0 unspecified atom stereocenters. The van der Waals surface area contributed by atoms with Crippen molar-refractivity contribution in [1.29, 1.82) is 0 Å². The molecular formula is C24H20O4. The van der Waals surface area contributed by atoms with Crippen molar-refractivity contribution in [1.82, 2.24) is 0 Å². The van der Waals surface area contributed by atoms with Gasteiger partial charge in [0.15, 0.2) is 0 Å². The van der Waals surface area contributed by atoms with Crippen molar-refractivity contribution in [3.05, 3.63) is 71.8 Å². The van der Waals surface area contributed by atoms with Gasteiger partial charge < -0.3 is 20.4 Å². The van der Waals surface area contributed by atoms with Crippen molar-refractivity contribution < 1.29 is 20.4 Å². The molecule has 2 aliphatic carbocycles. The molecule has 0 aromatic heterocycles. The Labute approximate surface area is 162 Å². The van der Waals surface area contributed by atoms with Gasteiger partial charge in [0, 0.05) is 28.8 Å². The van der Waals surface area contributed by atoms with Crippen LogP contribution in [0.15, 0.2) is 60.7 Å². The van der Waals surface area contributed by atoms with E-state index in [2.05, 4.69) is 0 Å². The van der Waals surface area contributed by atoms with E-state index in [1.807, 2.05) is 50.2 Å². The number of hydrogen-bond donors (Lipinski definition) is 4. The number of phenolic OH excluding ortho intramolecular Hbond substituents is 4. The molecule has 0 fully saturated rings. The lowest BCUT2D eigenvalue weighted by atomic mass is 9.90. The highest BCUT2D eigenvalue weighted by Gasteiger charge is 2.24. The van der Waals surface area contributed by atoms with Gasteiger partial charge in [-0.2, -0.15) is 0 Å². The molecule has 0 atom stereocenters. The lowest BCUT2D eigenvalue weighted by molar-refractivity contribution is 0.449. The zero-order valence-electron chi connectivity index (χ0n) is 15.6. The van der Waals surface area contributed by atoms with Gasteiger partial charge in [0.05, 0.1) is 0 Å². The molecule has 4 rings (SSSR count). The van der Waals surface area contributed by atoms with Crippen LogP contribution in [-0.4, -0.2) is 20.4 Å². The number of aryl methyl sites for hydroxylation is 2. The van der Waals surface area contributed by atoms with E-state index in [4.69, 9.17) is 0 Å². The Hall–Kier alpha value is -3.66. The minimum absolute atomic E-state index is 0.00790. The summed E-state index contributed by atoms with van der Waals surface area (Å²) < 4.78 is 0. The van der Waals surface area contributed by atoms with E-state index in [0.29, 0.717) is 22.3 Å². The Kier molecular flexibility index (Phi) is 4.12. The first-order valence-corrected chi connectivity index (χ1v) is 8.94. The minimum Gasteiger partial charge on any atom is -0.508 e. The molecule has 2 aliphatic rings. The molecule has 0 aliphatic heterocycles. The van der Waals surface area contributed by atoms with Crippen LogP contribution in [0.5, 0.6) is 23.0 Å². The predicted molar refractivity (Wildman–Crippen MR) is 110 cm³/mol. The van der Waals surface area contributed by atoms with Crippen LogP contribution in [0.1, 0.15) is 11.1 Å². The molecule has 4 nitrogen and oxygen atoms in total. The van der Waals surface area contributed by atoms with Crippen LogP contribution >= 0.6 is 0 Å². The number of benzene rings is 2. The van der Waals surface area contributed by atoms with Crippen molar-refractivity contribution in [3.63, 3.8) is 0 Å². The average molecular weight is 372 g/mol. The Morgan fingerprint density at radius 2 is 1.11 bits per heavy atom. The molecule has 0 radical (unpaired) electrons. The number of fused-ring (bicyclic) bond motifs is 1. The quantitative estimate of drug-likeness (QED) is 0.371. The van der Waals surface area contributed by atoms with Crippen molar-refractivity contribution in [2.75, 3.05) is 0 Å². The molecule has 0 bridgehead atoms. The Balaban J connectivity index is 2.16. The number of hydrogen-bond acceptors (Lipinski definition) is 4. The molecule has 140 valence electrons. The van der Waals surface area contributed by atoms with E-state index in [0.717, 1.165) is 22.3 Å². The first-order chi connectivity index (χ1) is 13.4. The maximum atomic E-state index is 10.7. The lowest BCUT2D eigenvalue weighted by Gasteiger charge is -2.15. The minimum atomic E-state index is -0.0336. The van der Waals surface area contributed by atoms with Gasteiger partial charge in [-0.15, -0.1) is 0 Å². The zero-order chi connectivity index (χ0) is 20.0. The summed E-state index contributed by atoms with van der Waals surface area (Å²) in [6.45, 7) is 3.64. The lowest BCUT2D eigenvalue weighted by Crippen LogP contribution is -1.90. The fourth-order valence-corrected chi connectivity index (χ4v) is 3.93. The van der Waals surface area contributed by atoms with Crippen molar-refractivity contribution >= 4 is 0 Å². The Morgan fingerprint density at radius 1 is 0.536 bits per heavy atom. The van der Waals surface area contributed by atoms with Crippen LogP contribution in [0.3, 0.4) is 0 Å². The molecule has 2 aromatic carbocycles. The van der Waals surface area contributed by atoms with Crippen molar-refractivity contribution in [2.24, 2.45) is 0 Å². The van der Waals surface area contributed by atoms with Crippen molar-refractivity contribution in [2.45, 2.75) is 13.8 Å². The van der Waals surface area contributed by atoms with E-state index in [9.17, 15) is 20.4 Å². The zero-order valence-corrected chi connectivity index (χ0v) is 15.6. The van der Waals surface area contributed by atoms with Gasteiger partial charge in [-0.25, -0.2) is 0 Å². The average Bonchev–Trinajstić information content (AvgIpc) is 2.77. The largest absolute Gasteiger partial charge is 0.508 e. The summed E-state index contributed by atoms with van der Waals surface area (Å²) in [4.78, 5) is 0. The maximum absolute atomic E-state index is 10.7. The summed E-state index contributed by atoms with van der Waals surface area (Å²) in [5.74, 6) is -0.0834. The number of aromatic hydroxyl groups is 4.